The predicted octanol–water partition coefficient (Wildman–Crippen LogP) is 1.24. The number of ether oxygens (including phenoxy) is 2. The van der Waals surface area contributed by atoms with Crippen molar-refractivity contribution in [1.29, 1.82) is 0 Å². The summed E-state index contributed by atoms with van der Waals surface area (Å²) in [6.07, 6.45) is 2.12. The van der Waals surface area contributed by atoms with E-state index in [0.717, 1.165) is 5.56 Å². The Hall–Kier alpha value is -1.69. The van der Waals surface area contributed by atoms with Crippen molar-refractivity contribution in [2.75, 3.05) is 27.4 Å². The zero-order valence-corrected chi connectivity index (χ0v) is 13.2. The Morgan fingerprint density at radius 1 is 1.36 bits per heavy atom. The summed E-state index contributed by atoms with van der Waals surface area (Å²) in [5.74, 6) is -0.176. The molecule has 1 heterocycles. The number of aliphatic hydroxyl groups excluding tert-OH is 1. The highest BCUT2D eigenvalue weighted by atomic mass is 16.5. The van der Waals surface area contributed by atoms with Gasteiger partial charge in [0.25, 0.3) is 0 Å². The molecule has 0 unspecified atom stereocenters. The maximum Gasteiger partial charge on any atom is 0.246 e. The van der Waals surface area contributed by atoms with Gasteiger partial charge in [0, 0.05) is 20.2 Å². The van der Waals surface area contributed by atoms with Crippen LogP contribution in [0.4, 0.5) is 0 Å². The highest BCUT2D eigenvalue weighted by Gasteiger charge is 2.36. The third-order valence-electron chi connectivity index (χ3n) is 3.99. The van der Waals surface area contributed by atoms with Crippen molar-refractivity contribution in [3.05, 3.63) is 41.5 Å². The van der Waals surface area contributed by atoms with Crippen LogP contribution >= 0.6 is 0 Å². The predicted molar refractivity (Wildman–Crippen MR) is 84.4 cm³/mol. The number of carbonyl (C=O) groups is 1. The Kier molecular flexibility index (Phi) is 5.71. The van der Waals surface area contributed by atoms with Gasteiger partial charge in [-0.25, -0.2) is 0 Å². The fraction of sp³-hybridized carbons (Fsp3) is 0.471. The molecule has 1 fully saturated rings. The smallest absolute Gasteiger partial charge is 0.246 e. The van der Waals surface area contributed by atoms with Gasteiger partial charge in [-0.15, -0.1) is 0 Å². The maximum atomic E-state index is 12.3. The van der Waals surface area contributed by atoms with Crippen LogP contribution in [0.15, 0.2) is 30.3 Å². The van der Waals surface area contributed by atoms with Crippen LogP contribution in [-0.2, 0) is 14.3 Å². The number of hydrogen-bond donors (Lipinski definition) is 1. The van der Waals surface area contributed by atoms with E-state index in [2.05, 4.69) is 0 Å². The van der Waals surface area contributed by atoms with Gasteiger partial charge >= 0.3 is 0 Å². The van der Waals surface area contributed by atoms with E-state index >= 15 is 0 Å². The molecule has 22 heavy (non-hydrogen) atoms. The minimum absolute atomic E-state index is 0.176. The molecule has 0 bridgehead atoms. The number of methoxy groups -OCH3 is 1. The summed E-state index contributed by atoms with van der Waals surface area (Å²) in [7, 11) is 3.19. The SMILES string of the molecule is CO[C@@H]1COC[C@@H](N(C)C(=O)/C=C/c2ccc(C)cc2)[C@@H]1O. The first kappa shape index (κ1) is 16.7. The van der Waals surface area contributed by atoms with Crippen LogP contribution in [0, 0.1) is 6.92 Å². The normalized spacial score (nSPS) is 25.4. The number of aliphatic hydroxyl groups is 1. The van der Waals surface area contributed by atoms with Crippen LogP contribution in [0.3, 0.4) is 0 Å². The molecule has 5 heteroatoms. The van der Waals surface area contributed by atoms with E-state index in [9.17, 15) is 9.90 Å². The molecule has 0 spiro atoms. The van der Waals surface area contributed by atoms with E-state index in [1.165, 1.54) is 23.6 Å². The lowest BCUT2D eigenvalue weighted by Gasteiger charge is -2.38. The highest BCUT2D eigenvalue weighted by molar-refractivity contribution is 5.91. The van der Waals surface area contributed by atoms with Gasteiger partial charge in [-0.3, -0.25) is 4.79 Å². The van der Waals surface area contributed by atoms with Gasteiger partial charge < -0.3 is 19.5 Å². The quantitative estimate of drug-likeness (QED) is 0.850. The summed E-state index contributed by atoms with van der Waals surface area (Å²) in [5, 5.41) is 10.2. The van der Waals surface area contributed by atoms with E-state index in [4.69, 9.17) is 9.47 Å². The first-order chi connectivity index (χ1) is 10.5. The average molecular weight is 305 g/mol. The fourth-order valence-corrected chi connectivity index (χ4v) is 2.42. The van der Waals surface area contributed by atoms with Gasteiger partial charge in [0.1, 0.15) is 12.2 Å². The second-order valence-corrected chi connectivity index (χ2v) is 5.56. The minimum atomic E-state index is -0.750. The number of amides is 1. The molecule has 120 valence electrons. The van der Waals surface area contributed by atoms with Crippen LogP contribution in [0.1, 0.15) is 11.1 Å². The number of hydrogen-bond acceptors (Lipinski definition) is 4. The number of benzene rings is 1. The lowest BCUT2D eigenvalue weighted by Crippen LogP contribution is -2.56. The van der Waals surface area contributed by atoms with E-state index in [1.807, 2.05) is 31.2 Å². The van der Waals surface area contributed by atoms with Crippen molar-refractivity contribution >= 4 is 12.0 Å². The van der Waals surface area contributed by atoms with Gasteiger partial charge in [0.05, 0.1) is 19.3 Å². The molecular weight excluding hydrogens is 282 g/mol. The molecule has 1 aromatic rings. The largest absolute Gasteiger partial charge is 0.388 e. The molecule has 1 N–H and O–H groups in total. The number of likely N-dealkylation sites (N-methyl/N-ethyl adjacent to an activating group) is 1. The molecule has 0 aromatic heterocycles. The molecule has 1 amide bonds. The average Bonchev–Trinajstić information content (AvgIpc) is 2.53. The maximum absolute atomic E-state index is 12.3. The summed E-state index contributed by atoms with van der Waals surface area (Å²) in [6, 6.07) is 7.50. The van der Waals surface area contributed by atoms with E-state index in [0.29, 0.717) is 13.2 Å². The van der Waals surface area contributed by atoms with Crippen molar-refractivity contribution in [2.45, 2.75) is 25.2 Å². The molecule has 0 radical (unpaired) electrons. The summed E-state index contributed by atoms with van der Waals surface area (Å²) >= 11 is 0. The van der Waals surface area contributed by atoms with E-state index < -0.39 is 18.2 Å². The molecule has 1 aromatic carbocycles. The van der Waals surface area contributed by atoms with Crippen LogP contribution in [0.2, 0.25) is 0 Å². The van der Waals surface area contributed by atoms with Gasteiger partial charge in [-0.2, -0.15) is 0 Å². The molecule has 1 aliphatic rings. The minimum Gasteiger partial charge on any atom is -0.388 e. The van der Waals surface area contributed by atoms with Gasteiger partial charge in [0.15, 0.2) is 0 Å². The van der Waals surface area contributed by atoms with Gasteiger partial charge in [-0.05, 0) is 18.6 Å². The van der Waals surface area contributed by atoms with Crippen LogP contribution in [0.5, 0.6) is 0 Å². The summed E-state index contributed by atoms with van der Waals surface area (Å²) < 4.78 is 10.6. The van der Waals surface area contributed by atoms with Crippen molar-refractivity contribution in [3.8, 4) is 0 Å². The first-order valence-corrected chi connectivity index (χ1v) is 7.33. The Morgan fingerprint density at radius 3 is 2.68 bits per heavy atom. The lowest BCUT2D eigenvalue weighted by molar-refractivity contribution is -0.154. The topological polar surface area (TPSA) is 59.0 Å². The zero-order valence-electron chi connectivity index (χ0n) is 13.2. The monoisotopic (exact) mass is 305 g/mol. The Morgan fingerprint density at radius 2 is 2.05 bits per heavy atom. The number of aryl methyl sites for hydroxylation is 1. The van der Waals surface area contributed by atoms with E-state index in [-0.39, 0.29) is 5.91 Å². The van der Waals surface area contributed by atoms with Crippen molar-refractivity contribution in [2.24, 2.45) is 0 Å². The van der Waals surface area contributed by atoms with Crippen LogP contribution < -0.4 is 0 Å². The Bertz CT molecular complexity index is 526. The summed E-state index contributed by atoms with van der Waals surface area (Å²) in [6.45, 7) is 2.67. The highest BCUT2D eigenvalue weighted by Crippen LogP contribution is 2.16. The summed E-state index contributed by atoms with van der Waals surface area (Å²) in [5.41, 5.74) is 2.14. The molecule has 5 nitrogen and oxygen atoms in total. The molecule has 3 atom stereocenters. The Labute approximate surface area is 131 Å². The van der Waals surface area contributed by atoms with Gasteiger partial charge in [-0.1, -0.05) is 29.8 Å². The molecule has 0 aliphatic carbocycles. The van der Waals surface area contributed by atoms with Gasteiger partial charge in [0.2, 0.25) is 5.91 Å². The number of rotatable bonds is 4. The van der Waals surface area contributed by atoms with Crippen LogP contribution in [-0.4, -0.2) is 61.5 Å². The third-order valence-corrected chi connectivity index (χ3v) is 3.99. The number of carbonyl (C=O) groups excluding carboxylic acids is 1. The molecule has 0 saturated carbocycles. The molecule has 1 saturated heterocycles. The fourth-order valence-electron chi connectivity index (χ4n) is 2.42. The second kappa shape index (κ2) is 7.54. The van der Waals surface area contributed by atoms with Crippen molar-refractivity contribution in [1.82, 2.24) is 4.90 Å². The molecular formula is C17H23NO4. The Balaban J connectivity index is 2.00. The standard InChI is InChI=1S/C17H23NO4/c1-12-4-6-13(7-5-12)8-9-16(19)18(2)14-10-22-11-15(21-3)17(14)20/h4-9,14-15,17,20H,10-11H2,1-3H3/b9-8+/t14-,15-,17+/m1/s1. The van der Waals surface area contributed by atoms with Crippen LogP contribution in [0.25, 0.3) is 6.08 Å². The molecule has 2 rings (SSSR count). The second-order valence-electron chi connectivity index (χ2n) is 5.56. The van der Waals surface area contributed by atoms with Crippen molar-refractivity contribution in [3.63, 3.8) is 0 Å². The van der Waals surface area contributed by atoms with E-state index in [1.54, 1.807) is 13.1 Å². The lowest BCUT2D eigenvalue weighted by atomic mass is 10.0. The third kappa shape index (κ3) is 3.94. The summed E-state index contributed by atoms with van der Waals surface area (Å²) in [4.78, 5) is 13.8. The number of nitrogens with zero attached hydrogens (tertiary/aromatic N) is 1. The first-order valence-electron chi connectivity index (χ1n) is 7.33. The molecule has 1 aliphatic heterocycles. The van der Waals surface area contributed by atoms with Crippen molar-refractivity contribution < 1.29 is 19.4 Å². The zero-order chi connectivity index (χ0) is 16.1.